The Hall–Kier alpha value is -2.81. The highest BCUT2D eigenvalue weighted by Gasteiger charge is 2.23. The third kappa shape index (κ3) is 4.58. The molecule has 0 unspecified atom stereocenters. The number of nitrogens with one attached hydrogen (secondary N) is 1. The molecule has 1 aliphatic rings. The zero-order valence-electron chi connectivity index (χ0n) is 19.6. The van der Waals surface area contributed by atoms with Gasteiger partial charge in [-0.1, -0.05) is 43.7 Å². The normalized spacial score (nSPS) is 15.9. The van der Waals surface area contributed by atoms with E-state index < -0.39 is 0 Å². The van der Waals surface area contributed by atoms with Crippen molar-refractivity contribution in [2.24, 2.45) is 0 Å². The van der Waals surface area contributed by atoms with E-state index in [1.165, 1.54) is 11.1 Å². The minimum Gasteiger partial charge on any atom is -0.396 e. The number of nitrogen functional groups attached to an aromatic ring is 1. The van der Waals surface area contributed by atoms with Crippen LogP contribution in [0.3, 0.4) is 0 Å². The second-order valence-corrected chi connectivity index (χ2v) is 10.1. The lowest BCUT2D eigenvalue weighted by molar-refractivity contribution is 0.255. The van der Waals surface area contributed by atoms with E-state index in [2.05, 4.69) is 45.3 Å². The number of anilines is 2. The summed E-state index contributed by atoms with van der Waals surface area (Å²) in [5.41, 5.74) is 9.54. The molecule has 34 heavy (non-hydrogen) atoms. The topological polar surface area (TPSA) is 100 Å². The first kappa shape index (κ1) is 23.0. The number of pyridine rings is 1. The van der Waals surface area contributed by atoms with Gasteiger partial charge < -0.3 is 21.1 Å². The molecule has 7 nitrogen and oxygen atoms in total. The maximum Gasteiger partial charge on any atom is 0.144 e. The number of piperidine rings is 1. The molecular formula is C26H32N6OS. The van der Waals surface area contributed by atoms with Gasteiger partial charge in [-0.3, -0.25) is 0 Å². The number of nitrogens with two attached hydrogens (primary N) is 1. The van der Waals surface area contributed by atoms with Crippen LogP contribution >= 0.6 is 11.3 Å². The van der Waals surface area contributed by atoms with E-state index in [0.29, 0.717) is 11.9 Å². The van der Waals surface area contributed by atoms with Crippen molar-refractivity contribution in [2.75, 3.05) is 36.9 Å². The Morgan fingerprint density at radius 3 is 2.74 bits per heavy atom. The molecule has 0 spiro atoms. The highest BCUT2D eigenvalue weighted by Crippen LogP contribution is 2.38. The van der Waals surface area contributed by atoms with Crippen LogP contribution in [0.5, 0.6) is 0 Å². The van der Waals surface area contributed by atoms with Gasteiger partial charge in [-0.05, 0) is 36.5 Å². The zero-order chi connectivity index (χ0) is 23.5. The number of rotatable bonds is 8. The number of fused-ring (bicyclic) bond motifs is 3. The van der Waals surface area contributed by atoms with Gasteiger partial charge in [0.25, 0.3) is 0 Å². The molecule has 4 N–H and O–H groups in total. The van der Waals surface area contributed by atoms with E-state index in [4.69, 9.17) is 10.7 Å². The van der Waals surface area contributed by atoms with E-state index in [9.17, 15) is 5.11 Å². The average molecular weight is 477 g/mol. The van der Waals surface area contributed by atoms with Crippen molar-refractivity contribution < 1.29 is 5.11 Å². The van der Waals surface area contributed by atoms with Gasteiger partial charge in [0.1, 0.15) is 22.8 Å². The molecule has 4 aromatic rings. The van der Waals surface area contributed by atoms with E-state index >= 15 is 0 Å². The van der Waals surface area contributed by atoms with Crippen LogP contribution < -0.4 is 16.0 Å². The monoisotopic (exact) mass is 476 g/mol. The average Bonchev–Trinajstić information content (AvgIpc) is 3.26. The van der Waals surface area contributed by atoms with Crippen molar-refractivity contribution in [1.82, 2.24) is 20.3 Å². The Kier molecular flexibility index (Phi) is 6.89. The van der Waals surface area contributed by atoms with Crippen molar-refractivity contribution in [1.29, 1.82) is 0 Å². The second-order valence-electron chi connectivity index (χ2n) is 9.07. The summed E-state index contributed by atoms with van der Waals surface area (Å²) in [7, 11) is 0. The van der Waals surface area contributed by atoms with Crippen molar-refractivity contribution in [3.05, 3.63) is 53.9 Å². The SMILES string of the molecule is CCCc1cc(N2CCC(NC[C@@H](CO)c3ccccc3)CC2)nc2sc3c(N)ncnc3c12. The molecule has 0 amide bonds. The fourth-order valence-electron chi connectivity index (χ4n) is 4.91. The molecule has 5 rings (SSSR count). The first-order valence-electron chi connectivity index (χ1n) is 12.1. The molecule has 178 valence electrons. The Balaban J connectivity index is 1.30. The van der Waals surface area contributed by atoms with E-state index in [1.807, 2.05) is 18.2 Å². The van der Waals surface area contributed by atoms with E-state index in [0.717, 1.165) is 71.6 Å². The number of aryl methyl sites for hydroxylation is 1. The van der Waals surface area contributed by atoms with E-state index in [1.54, 1.807) is 17.7 Å². The molecule has 3 aromatic heterocycles. The summed E-state index contributed by atoms with van der Waals surface area (Å²) in [6, 6.07) is 13.0. The summed E-state index contributed by atoms with van der Waals surface area (Å²) in [5, 5.41) is 14.7. The lowest BCUT2D eigenvalue weighted by Gasteiger charge is -2.34. The molecule has 0 aliphatic carbocycles. The van der Waals surface area contributed by atoms with Crippen molar-refractivity contribution >= 4 is 43.4 Å². The maximum atomic E-state index is 9.85. The predicted molar refractivity (Wildman–Crippen MR) is 141 cm³/mol. The Bertz CT molecular complexity index is 1250. The van der Waals surface area contributed by atoms with Crippen LogP contribution in [0.15, 0.2) is 42.7 Å². The molecule has 4 heterocycles. The third-order valence-corrected chi connectivity index (χ3v) is 7.90. The fraction of sp³-hybridized carbons (Fsp3) is 0.423. The Morgan fingerprint density at radius 2 is 2.00 bits per heavy atom. The molecular weight excluding hydrogens is 444 g/mol. The quantitative estimate of drug-likeness (QED) is 0.352. The third-order valence-electron chi connectivity index (χ3n) is 6.80. The van der Waals surface area contributed by atoms with Crippen LogP contribution in [0.1, 0.15) is 43.2 Å². The summed E-state index contributed by atoms with van der Waals surface area (Å²) in [6.07, 6.45) is 5.71. The molecule has 8 heteroatoms. The minimum absolute atomic E-state index is 0.128. The zero-order valence-corrected chi connectivity index (χ0v) is 20.4. The van der Waals surface area contributed by atoms with Crippen LogP contribution in [0.4, 0.5) is 11.6 Å². The molecule has 1 aromatic carbocycles. The summed E-state index contributed by atoms with van der Waals surface area (Å²) in [5.74, 6) is 1.70. The van der Waals surface area contributed by atoms with Gasteiger partial charge in [-0.2, -0.15) is 0 Å². The van der Waals surface area contributed by atoms with Gasteiger partial charge >= 0.3 is 0 Å². The molecule has 0 saturated carbocycles. The van der Waals surface area contributed by atoms with Crippen LogP contribution in [0, 0.1) is 0 Å². The van der Waals surface area contributed by atoms with Gasteiger partial charge in [-0.15, -0.1) is 11.3 Å². The number of aliphatic hydroxyl groups is 1. The standard InChI is InChI=1S/C26H32N6OS/c1-2-6-18-13-21(31-26-22(18)23-24(34-26)25(27)30-16-29-23)32-11-9-20(10-12-32)28-14-19(15-33)17-7-4-3-5-8-17/h3-5,7-8,13,16,19-20,28,33H,2,6,9-12,14-15H2,1H3,(H2,27,29,30)/t19-/m0/s1. The first-order valence-corrected chi connectivity index (χ1v) is 13.0. The van der Waals surface area contributed by atoms with Crippen molar-refractivity contribution in [3.8, 4) is 0 Å². The number of thiophene rings is 1. The molecule has 0 bridgehead atoms. The lowest BCUT2D eigenvalue weighted by atomic mass is 9.98. The number of hydrogen-bond acceptors (Lipinski definition) is 8. The maximum absolute atomic E-state index is 9.85. The number of aromatic nitrogens is 3. The van der Waals surface area contributed by atoms with Crippen LogP contribution in [0.2, 0.25) is 0 Å². The van der Waals surface area contributed by atoms with Crippen LogP contribution in [-0.4, -0.2) is 52.3 Å². The lowest BCUT2D eigenvalue weighted by Crippen LogP contribution is -2.44. The number of nitrogens with zero attached hydrogens (tertiary/aromatic N) is 4. The summed E-state index contributed by atoms with van der Waals surface area (Å²) in [6.45, 7) is 5.08. The van der Waals surface area contributed by atoms with Crippen LogP contribution in [-0.2, 0) is 6.42 Å². The summed E-state index contributed by atoms with van der Waals surface area (Å²) >= 11 is 1.59. The van der Waals surface area contributed by atoms with E-state index in [-0.39, 0.29) is 12.5 Å². The number of benzene rings is 1. The molecule has 1 atom stereocenters. The largest absolute Gasteiger partial charge is 0.396 e. The Morgan fingerprint density at radius 1 is 1.21 bits per heavy atom. The highest BCUT2D eigenvalue weighted by molar-refractivity contribution is 7.26. The fourth-order valence-corrected chi connectivity index (χ4v) is 5.98. The Labute approximate surface area is 204 Å². The minimum atomic E-state index is 0.128. The van der Waals surface area contributed by atoms with Gasteiger partial charge in [0.15, 0.2) is 0 Å². The molecule has 1 fully saturated rings. The number of hydrogen-bond donors (Lipinski definition) is 3. The predicted octanol–water partition coefficient (Wildman–Crippen LogP) is 4.11. The van der Waals surface area contributed by atoms with Gasteiger partial charge in [0.05, 0.1) is 16.8 Å². The first-order chi connectivity index (χ1) is 16.7. The molecule has 0 radical (unpaired) electrons. The van der Waals surface area contributed by atoms with Crippen molar-refractivity contribution in [2.45, 2.75) is 44.6 Å². The smallest absolute Gasteiger partial charge is 0.144 e. The summed E-state index contributed by atoms with van der Waals surface area (Å²) in [4.78, 5) is 17.1. The van der Waals surface area contributed by atoms with Gasteiger partial charge in [0, 0.05) is 37.0 Å². The summed E-state index contributed by atoms with van der Waals surface area (Å²) < 4.78 is 0.930. The van der Waals surface area contributed by atoms with Crippen LogP contribution in [0.25, 0.3) is 20.4 Å². The number of aliphatic hydroxyl groups excluding tert-OH is 1. The van der Waals surface area contributed by atoms with Gasteiger partial charge in [-0.25, -0.2) is 15.0 Å². The molecule has 1 aliphatic heterocycles. The van der Waals surface area contributed by atoms with Crippen molar-refractivity contribution in [3.63, 3.8) is 0 Å². The highest BCUT2D eigenvalue weighted by atomic mass is 32.1. The molecule has 1 saturated heterocycles. The van der Waals surface area contributed by atoms with Gasteiger partial charge in [0.2, 0.25) is 0 Å². The second kappa shape index (κ2) is 10.2.